The Bertz CT molecular complexity index is 737. The zero-order chi connectivity index (χ0) is 19.3. The smallest absolute Gasteiger partial charge is 0.229 e. The summed E-state index contributed by atoms with van der Waals surface area (Å²) in [7, 11) is 0. The summed E-state index contributed by atoms with van der Waals surface area (Å²) in [6, 6.07) is 14.6. The summed E-state index contributed by atoms with van der Waals surface area (Å²) in [5, 5.41) is 2.93. The average molecular weight is 367 g/mol. The van der Waals surface area contributed by atoms with E-state index in [9.17, 15) is 4.79 Å². The summed E-state index contributed by atoms with van der Waals surface area (Å²) in [5.74, 6) is 0.980. The van der Waals surface area contributed by atoms with Gasteiger partial charge in [-0.05, 0) is 24.1 Å². The summed E-state index contributed by atoms with van der Waals surface area (Å²) < 4.78 is 0. The fourth-order valence-corrected chi connectivity index (χ4v) is 3.17. The van der Waals surface area contributed by atoms with Crippen molar-refractivity contribution in [2.24, 2.45) is 5.41 Å². The van der Waals surface area contributed by atoms with Gasteiger partial charge in [0.05, 0.1) is 11.9 Å². The molecule has 2 heterocycles. The second-order valence-electron chi connectivity index (χ2n) is 8.21. The van der Waals surface area contributed by atoms with E-state index in [0.717, 1.165) is 50.6 Å². The second kappa shape index (κ2) is 8.53. The first kappa shape index (κ1) is 19.4. The SMILES string of the molecule is CC(C)(C)C(=O)Nc1ccc(N2CCCN(Cc3ccccc3)CC2)nc1. The van der Waals surface area contributed by atoms with Crippen molar-refractivity contribution in [2.75, 3.05) is 36.4 Å². The highest BCUT2D eigenvalue weighted by molar-refractivity contribution is 5.94. The Balaban J connectivity index is 1.56. The van der Waals surface area contributed by atoms with Crippen LogP contribution in [0.5, 0.6) is 0 Å². The Kier molecular flexibility index (Phi) is 6.11. The molecule has 0 bridgehead atoms. The fourth-order valence-electron chi connectivity index (χ4n) is 3.17. The maximum absolute atomic E-state index is 12.1. The standard InChI is InChI=1S/C22H30N4O/c1-22(2,3)21(27)24-19-10-11-20(23-16-19)26-13-7-12-25(14-15-26)17-18-8-5-4-6-9-18/h4-6,8-11,16H,7,12-15,17H2,1-3H3,(H,24,27). The molecule has 0 spiro atoms. The van der Waals surface area contributed by atoms with Crippen molar-refractivity contribution in [1.82, 2.24) is 9.88 Å². The van der Waals surface area contributed by atoms with Crippen molar-refractivity contribution >= 4 is 17.4 Å². The Hall–Kier alpha value is -2.40. The van der Waals surface area contributed by atoms with Crippen molar-refractivity contribution in [2.45, 2.75) is 33.7 Å². The van der Waals surface area contributed by atoms with E-state index in [1.807, 2.05) is 32.9 Å². The Morgan fingerprint density at radius 2 is 1.81 bits per heavy atom. The molecule has 2 aromatic rings. The molecule has 1 amide bonds. The van der Waals surface area contributed by atoms with Gasteiger partial charge in [-0.15, -0.1) is 0 Å². The van der Waals surface area contributed by atoms with Crippen molar-refractivity contribution in [1.29, 1.82) is 0 Å². The summed E-state index contributed by atoms with van der Waals surface area (Å²) in [6.07, 6.45) is 2.88. The van der Waals surface area contributed by atoms with Gasteiger partial charge in [0.1, 0.15) is 5.82 Å². The van der Waals surface area contributed by atoms with E-state index in [-0.39, 0.29) is 5.91 Å². The van der Waals surface area contributed by atoms with Crippen LogP contribution in [0.15, 0.2) is 48.7 Å². The first-order valence-electron chi connectivity index (χ1n) is 9.70. The zero-order valence-electron chi connectivity index (χ0n) is 16.6. The molecular formula is C22H30N4O. The van der Waals surface area contributed by atoms with Crippen molar-refractivity contribution in [3.63, 3.8) is 0 Å². The molecule has 0 unspecified atom stereocenters. The molecule has 144 valence electrons. The molecule has 1 fully saturated rings. The number of nitrogens with one attached hydrogen (secondary N) is 1. The van der Waals surface area contributed by atoms with Gasteiger partial charge in [0.2, 0.25) is 5.91 Å². The number of nitrogens with zero attached hydrogens (tertiary/aromatic N) is 3. The number of benzene rings is 1. The molecule has 5 heteroatoms. The molecule has 1 aliphatic heterocycles. The third-order valence-corrected chi connectivity index (χ3v) is 4.85. The minimum atomic E-state index is -0.411. The third-order valence-electron chi connectivity index (χ3n) is 4.85. The minimum absolute atomic E-state index is 0.00313. The van der Waals surface area contributed by atoms with Crippen LogP contribution < -0.4 is 10.2 Å². The third kappa shape index (κ3) is 5.54. The molecule has 1 aliphatic rings. The molecule has 3 rings (SSSR count). The predicted octanol–water partition coefficient (Wildman–Crippen LogP) is 3.78. The lowest BCUT2D eigenvalue weighted by molar-refractivity contribution is -0.123. The molecule has 1 N–H and O–H groups in total. The molecule has 1 aromatic carbocycles. The van der Waals surface area contributed by atoms with E-state index in [1.54, 1.807) is 6.20 Å². The van der Waals surface area contributed by atoms with Crippen molar-refractivity contribution in [3.05, 3.63) is 54.2 Å². The summed E-state index contributed by atoms with van der Waals surface area (Å²) in [6.45, 7) is 10.8. The van der Waals surface area contributed by atoms with Crippen LogP contribution >= 0.6 is 0 Å². The van der Waals surface area contributed by atoms with E-state index >= 15 is 0 Å². The number of hydrogen-bond donors (Lipinski definition) is 1. The Labute approximate surface area is 162 Å². The van der Waals surface area contributed by atoms with E-state index in [2.05, 4.69) is 50.4 Å². The van der Waals surface area contributed by atoms with Gasteiger partial charge >= 0.3 is 0 Å². The van der Waals surface area contributed by atoms with Crippen LogP contribution in [0.3, 0.4) is 0 Å². The van der Waals surface area contributed by atoms with Crippen LogP contribution in [0, 0.1) is 5.41 Å². The number of amides is 1. The highest BCUT2D eigenvalue weighted by Gasteiger charge is 2.21. The largest absolute Gasteiger partial charge is 0.355 e. The molecule has 1 aromatic heterocycles. The predicted molar refractivity (Wildman–Crippen MR) is 111 cm³/mol. The molecular weight excluding hydrogens is 336 g/mol. The van der Waals surface area contributed by atoms with Crippen LogP contribution in [-0.4, -0.2) is 42.0 Å². The molecule has 27 heavy (non-hydrogen) atoms. The second-order valence-corrected chi connectivity index (χ2v) is 8.21. The molecule has 5 nitrogen and oxygen atoms in total. The summed E-state index contributed by atoms with van der Waals surface area (Å²) in [5.41, 5.74) is 1.70. The number of rotatable bonds is 4. The van der Waals surface area contributed by atoms with Gasteiger partial charge in [-0.25, -0.2) is 4.98 Å². The number of aromatic nitrogens is 1. The molecule has 0 atom stereocenters. The number of hydrogen-bond acceptors (Lipinski definition) is 4. The van der Waals surface area contributed by atoms with Crippen LogP contribution in [0.4, 0.5) is 11.5 Å². The van der Waals surface area contributed by atoms with Crippen LogP contribution in [-0.2, 0) is 11.3 Å². The molecule has 1 saturated heterocycles. The van der Waals surface area contributed by atoms with Gasteiger partial charge < -0.3 is 10.2 Å². The van der Waals surface area contributed by atoms with Crippen molar-refractivity contribution in [3.8, 4) is 0 Å². The number of anilines is 2. The first-order valence-corrected chi connectivity index (χ1v) is 9.70. The van der Waals surface area contributed by atoms with Gasteiger partial charge in [-0.2, -0.15) is 0 Å². The molecule has 0 aliphatic carbocycles. The first-order chi connectivity index (χ1) is 12.9. The molecule has 0 radical (unpaired) electrons. The fraction of sp³-hybridized carbons (Fsp3) is 0.455. The summed E-state index contributed by atoms with van der Waals surface area (Å²) >= 11 is 0. The maximum atomic E-state index is 12.1. The Morgan fingerprint density at radius 3 is 2.48 bits per heavy atom. The van der Waals surface area contributed by atoms with Gasteiger partial charge in [-0.3, -0.25) is 9.69 Å². The van der Waals surface area contributed by atoms with E-state index in [1.165, 1.54) is 5.56 Å². The Morgan fingerprint density at radius 1 is 1.04 bits per heavy atom. The van der Waals surface area contributed by atoms with Gasteiger partial charge in [0.15, 0.2) is 0 Å². The lowest BCUT2D eigenvalue weighted by Gasteiger charge is -2.23. The quantitative estimate of drug-likeness (QED) is 0.895. The lowest BCUT2D eigenvalue weighted by Crippen LogP contribution is -2.31. The lowest BCUT2D eigenvalue weighted by atomic mass is 9.96. The van der Waals surface area contributed by atoms with Crippen LogP contribution in [0.2, 0.25) is 0 Å². The van der Waals surface area contributed by atoms with Gasteiger partial charge in [-0.1, -0.05) is 51.1 Å². The topological polar surface area (TPSA) is 48.5 Å². The van der Waals surface area contributed by atoms with Crippen LogP contribution in [0.1, 0.15) is 32.8 Å². The molecule has 0 saturated carbocycles. The number of carbonyl (C=O) groups excluding carboxylic acids is 1. The van der Waals surface area contributed by atoms with E-state index < -0.39 is 5.41 Å². The number of pyridine rings is 1. The van der Waals surface area contributed by atoms with Gasteiger partial charge in [0.25, 0.3) is 0 Å². The van der Waals surface area contributed by atoms with Crippen LogP contribution in [0.25, 0.3) is 0 Å². The highest BCUT2D eigenvalue weighted by atomic mass is 16.2. The maximum Gasteiger partial charge on any atom is 0.229 e. The summed E-state index contributed by atoms with van der Waals surface area (Å²) in [4.78, 5) is 21.5. The van der Waals surface area contributed by atoms with E-state index in [0.29, 0.717) is 0 Å². The normalized spacial score (nSPS) is 16.0. The average Bonchev–Trinajstić information content (AvgIpc) is 2.88. The monoisotopic (exact) mass is 366 g/mol. The minimum Gasteiger partial charge on any atom is -0.355 e. The highest BCUT2D eigenvalue weighted by Crippen LogP contribution is 2.20. The van der Waals surface area contributed by atoms with Gasteiger partial charge in [0, 0.05) is 38.1 Å². The number of carbonyl (C=O) groups is 1. The van der Waals surface area contributed by atoms with E-state index in [4.69, 9.17) is 0 Å². The zero-order valence-corrected chi connectivity index (χ0v) is 16.6. The van der Waals surface area contributed by atoms with Crippen molar-refractivity contribution < 1.29 is 4.79 Å².